The van der Waals surface area contributed by atoms with Gasteiger partial charge >= 0.3 is 0 Å². The summed E-state index contributed by atoms with van der Waals surface area (Å²) in [6.45, 7) is 1.12. The van der Waals surface area contributed by atoms with Crippen molar-refractivity contribution in [2.75, 3.05) is 18.3 Å². The van der Waals surface area contributed by atoms with Gasteiger partial charge in [-0.3, -0.25) is 9.78 Å². The van der Waals surface area contributed by atoms with Gasteiger partial charge in [0.25, 0.3) is 5.91 Å². The normalized spacial score (nSPS) is 21.4. The number of nitrogens with zero attached hydrogens (tertiary/aromatic N) is 2. The number of aromatic nitrogens is 1. The van der Waals surface area contributed by atoms with Gasteiger partial charge in [0.15, 0.2) is 17.1 Å². The van der Waals surface area contributed by atoms with Crippen molar-refractivity contribution in [2.24, 2.45) is 0 Å². The second-order valence-corrected chi connectivity index (χ2v) is 7.41. The Balaban J connectivity index is 1.54. The van der Waals surface area contributed by atoms with Gasteiger partial charge in [-0.05, 0) is 41.8 Å². The molecule has 3 aliphatic rings. The maximum Gasteiger partial charge on any atom is 0.269 e. The van der Waals surface area contributed by atoms with Gasteiger partial charge in [0.05, 0.1) is 18.8 Å². The molecule has 1 atom stereocenters. The molecule has 2 aromatic carbocycles. The summed E-state index contributed by atoms with van der Waals surface area (Å²) >= 11 is 0. The number of anilines is 1. The lowest BCUT2D eigenvalue weighted by Gasteiger charge is -2.34. The Morgan fingerprint density at radius 3 is 2.90 bits per heavy atom. The second kappa shape index (κ2) is 6.06. The van der Waals surface area contributed by atoms with E-state index in [9.17, 15) is 4.79 Å². The Morgan fingerprint density at radius 1 is 1.07 bits per heavy atom. The van der Waals surface area contributed by atoms with Crippen LogP contribution in [-0.2, 0) is 28.1 Å². The number of ether oxygens (including phenoxy) is 3. The molecule has 29 heavy (non-hydrogen) atoms. The van der Waals surface area contributed by atoms with E-state index in [1.807, 2.05) is 47.4 Å². The average Bonchev–Trinajstić information content (AvgIpc) is 3.33. The van der Waals surface area contributed by atoms with E-state index in [1.165, 1.54) is 0 Å². The number of carbonyl (C=O) groups excluding carboxylic acids is 1. The van der Waals surface area contributed by atoms with Gasteiger partial charge in [0, 0.05) is 23.5 Å². The maximum atomic E-state index is 13.9. The van der Waals surface area contributed by atoms with Gasteiger partial charge in [-0.2, -0.15) is 0 Å². The first-order chi connectivity index (χ1) is 14.3. The molecule has 1 amide bonds. The quantitative estimate of drug-likeness (QED) is 0.692. The lowest BCUT2D eigenvalue weighted by molar-refractivity contribution is -0.139. The van der Waals surface area contributed by atoms with Crippen LogP contribution in [0.5, 0.6) is 11.5 Å². The summed E-state index contributed by atoms with van der Waals surface area (Å²) in [5.41, 5.74) is 3.57. The molecular weight excluding hydrogens is 368 g/mol. The molecule has 6 nitrogen and oxygen atoms in total. The van der Waals surface area contributed by atoms with Gasteiger partial charge in [-0.1, -0.05) is 24.3 Å². The van der Waals surface area contributed by atoms with Crippen LogP contribution in [0.25, 0.3) is 0 Å². The van der Waals surface area contributed by atoms with Crippen LogP contribution in [0.15, 0.2) is 60.9 Å². The highest BCUT2D eigenvalue weighted by atomic mass is 16.7. The van der Waals surface area contributed by atoms with Gasteiger partial charge in [-0.15, -0.1) is 0 Å². The first kappa shape index (κ1) is 16.6. The Kier molecular flexibility index (Phi) is 3.46. The minimum Gasteiger partial charge on any atom is -0.454 e. The molecule has 0 aliphatic carbocycles. The number of pyridine rings is 1. The summed E-state index contributed by atoms with van der Waals surface area (Å²) in [4.78, 5) is 19.9. The largest absolute Gasteiger partial charge is 0.454 e. The predicted molar refractivity (Wildman–Crippen MR) is 105 cm³/mol. The molecule has 4 heterocycles. The number of amides is 1. The summed E-state index contributed by atoms with van der Waals surface area (Å²) in [6, 6.07) is 15.6. The highest BCUT2D eigenvalue weighted by Gasteiger charge is 2.56. The van der Waals surface area contributed by atoms with E-state index in [2.05, 4.69) is 11.1 Å². The summed E-state index contributed by atoms with van der Waals surface area (Å²) in [5.74, 6) is 1.25. The molecule has 0 radical (unpaired) electrons. The van der Waals surface area contributed by atoms with E-state index in [1.54, 1.807) is 12.4 Å². The van der Waals surface area contributed by atoms with Crippen molar-refractivity contribution < 1.29 is 19.0 Å². The van der Waals surface area contributed by atoms with Crippen LogP contribution in [-0.4, -0.2) is 24.3 Å². The Hall–Kier alpha value is -3.38. The molecule has 1 unspecified atom stereocenters. The third kappa shape index (κ3) is 2.26. The maximum absolute atomic E-state index is 13.9. The molecule has 0 spiro atoms. The van der Waals surface area contributed by atoms with Crippen LogP contribution in [0.3, 0.4) is 0 Å². The molecular formula is C23H18N2O4. The predicted octanol–water partition coefficient (Wildman–Crippen LogP) is 3.17. The smallest absolute Gasteiger partial charge is 0.269 e. The monoisotopic (exact) mass is 386 g/mol. The van der Waals surface area contributed by atoms with Crippen LogP contribution < -0.4 is 14.4 Å². The van der Waals surface area contributed by atoms with Crippen molar-refractivity contribution >= 4 is 11.6 Å². The molecule has 144 valence electrons. The summed E-state index contributed by atoms with van der Waals surface area (Å²) in [6.07, 6.45) is 4.30. The first-order valence-electron chi connectivity index (χ1n) is 9.65. The van der Waals surface area contributed by atoms with Gasteiger partial charge in [-0.25, -0.2) is 0 Å². The zero-order valence-corrected chi connectivity index (χ0v) is 15.6. The molecule has 0 bridgehead atoms. The van der Waals surface area contributed by atoms with Crippen LogP contribution in [0, 0.1) is 0 Å². The van der Waals surface area contributed by atoms with E-state index in [-0.39, 0.29) is 12.7 Å². The average molecular weight is 386 g/mol. The van der Waals surface area contributed by atoms with Crippen molar-refractivity contribution in [1.82, 2.24) is 4.98 Å². The highest BCUT2D eigenvalue weighted by molar-refractivity contribution is 6.10. The van der Waals surface area contributed by atoms with Gasteiger partial charge in [0.2, 0.25) is 6.79 Å². The fourth-order valence-electron chi connectivity index (χ4n) is 4.58. The molecule has 3 aliphatic heterocycles. The third-order valence-electron chi connectivity index (χ3n) is 5.85. The lowest BCUT2D eigenvalue weighted by atomic mass is 9.82. The van der Waals surface area contributed by atoms with Crippen molar-refractivity contribution in [3.63, 3.8) is 0 Å². The van der Waals surface area contributed by atoms with Gasteiger partial charge in [0.1, 0.15) is 0 Å². The number of fused-ring (bicyclic) bond motifs is 1. The zero-order chi connectivity index (χ0) is 19.4. The summed E-state index contributed by atoms with van der Waals surface area (Å²) in [5, 5.41) is 0. The summed E-state index contributed by atoms with van der Waals surface area (Å²) in [7, 11) is 0. The van der Waals surface area contributed by atoms with Crippen molar-refractivity contribution in [1.29, 1.82) is 0 Å². The van der Waals surface area contributed by atoms with Crippen LogP contribution >= 0.6 is 0 Å². The number of rotatable bonds is 3. The van der Waals surface area contributed by atoms with E-state index in [4.69, 9.17) is 14.2 Å². The fourth-order valence-corrected chi connectivity index (χ4v) is 4.58. The molecule has 6 heteroatoms. The second-order valence-electron chi connectivity index (χ2n) is 7.41. The van der Waals surface area contributed by atoms with Crippen molar-refractivity contribution in [3.8, 4) is 11.5 Å². The lowest BCUT2D eigenvalue weighted by Crippen LogP contribution is -2.45. The van der Waals surface area contributed by atoms with Crippen molar-refractivity contribution in [2.45, 2.75) is 18.6 Å². The van der Waals surface area contributed by atoms with Crippen LogP contribution in [0.1, 0.15) is 22.3 Å². The van der Waals surface area contributed by atoms with Crippen molar-refractivity contribution in [3.05, 3.63) is 83.2 Å². The third-order valence-corrected chi connectivity index (χ3v) is 5.85. The summed E-state index contributed by atoms with van der Waals surface area (Å²) < 4.78 is 17.3. The molecule has 0 saturated carbocycles. The minimum atomic E-state index is -1.16. The molecule has 6 rings (SSSR count). The Morgan fingerprint density at radius 2 is 2.00 bits per heavy atom. The first-order valence-corrected chi connectivity index (χ1v) is 9.65. The van der Waals surface area contributed by atoms with Crippen LogP contribution in [0.2, 0.25) is 0 Å². The number of hydrogen-bond donors (Lipinski definition) is 0. The molecule has 0 N–H and O–H groups in total. The van der Waals surface area contributed by atoms with E-state index in [0.717, 1.165) is 34.4 Å². The van der Waals surface area contributed by atoms with E-state index in [0.29, 0.717) is 24.7 Å². The van der Waals surface area contributed by atoms with Gasteiger partial charge < -0.3 is 19.1 Å². The fraction of sp³-hybridized carbons (Fsp3) is 0.217. The topological polar surface area (TPSA) is 60.9 Å². The number of hydrogen-bond acceptors (Lipinski definition) is 5. The minimum absolute atomic E-state index is 0.0811. The Bertz CT molecular complexity index is 1130. The van der Waals surface area contributed by atoms with Crippen LogP contribution in [0.4, 0.5) is 5.69 Å². The number of benzene rings is 2. The standard InChI is InChI=1S/C23H18N2O4/c26-22-23(17-6-7-19-20(11-17)28-14-27-19)21-16(8-10-29-23)4-1-5-18(21)25(22)13-15-3-2-9-24-12-15/h1-7,9,11-12H,8,10,13-14H2. The zero-order valence-electron chi connectivity index (χ0n) is 15.6. The molecule has 3 aromatic rings. The van der Waals surface area contributed by atoms with E-state index >= 15 is 0 Å². The highest BCUT2D eigenvalue weighted by Crippen LogP contribution is 2.52. The van der Waals surface area contributed by atoms with E-state index < -0.39 is 5.60 Å². The Labute approximate surface area is 167 Å². The molecule has 0 saturated heterocycles. The number of carbonyl (C=O) groups is 1. The SMILES string of the molecule is O=C1N(Cc2cccnc2)c2cccc3c2C1(c1ccc2c(c1)OCO2)OCC3. The molecule has 0 fully saturated rings. The molecule has 1 aromatic heterocycles.